The zero-order valence-electron chi connectivity index (χ0n) is 6.39. The van der Waals surface area contributed by atoms with E-state index >= 15 is 0 Å². The van der Waals surface area contributed by atoms with E-state index in [0.717, 1.165) is 0 Å². The van der Waals surface area contributed by atoms with Gasteiger partial charge in [0.25, 0.3) is 0 Å². The molecule has 0 aliphatic carbocycles. The van der Waals surface area contributed by atoms with Gasteiger partial charge in [-0.3, -0.25) is 0 Å². The molecule has 0 radical (unpaired) electrons. The van der Waals surface area contributed by atoms with Crippen molar-refractivity contribution in [3.63, 3.8) is 0 Å². The zero-order chi connectivity index (χ0) is 9.02. The minimum Gasteiger partial charge on any atom is -0.431 e. The zero-order valence-corrected chi connectivity index (χ0v) is 6.39. The van der Waals surface area contributed by atoms with Crippen LogP contribution in [0.4, 0.5) is 0 Å². The summed E-state index contributed by atoms with van der Waals surface area (Å²) < 4.78 is 4.19. The van der Waals surface area contributed by atoms with Crippen molar-refractivity contribution in [2.75, 3.05) is 0 Å². The van der Waals surface area contributed by atoms with Gasteiger partial charge in [0.05, 0.1) is 0 Å². The molecule has 0 heterocycles. The van der Waals surface area contributed by atoms with Crippen LogP contribution in [0.5, 0.6) is 0 Å². The Hall–Kier alpha value is -0.650. The number of carbonyl (C=O) groups is 1. The van der Waals surface area contributed by atoms with Crippen LogP contribution in [0.15, 0.2) is 0 Å². The first-order valence-corrected chi connectivity index (χ1v) is 3.20. The molecule has 3 atom stereocenters. The summed E-state index contributed by atoms with van der Waals surface area (Å²) in [6, 6.07) is 0. The average Bonchev–Trinajstić information content (AvgIpc) is 1.87. The standard InChI is InChI=1S/C6H12O5/c1-3(7)5(9)11-6(10)4(2)8/h3-5,7-9H,1-2H3. The first-order valence-electron chi connectivity index (χ1n) is 3.20. The summed E-state index contributed by atoms with van der Waals surface area (Å²) in [5.74, 6) is -0.960. The fourth-order valence-electron chi connectivity index (χ4n) is 0.316. The van der Waals surface area contributed by atoms with Gasteiger partial charge in [0.1, 0.15) is 12.2 Å². The van der Waals surface area contributed by atoms with Crippen LogP contribution in [-0.4, -0.2) is 39.8 Å². The van der Waals surface area contributed by atoms with E-state index in [0.29, 0.717) is 0 Å². The Balaban J connectivity index is 3.76. The first-order chi connectivity index (χ1) is 4.95. The van der Waals surface area contributed by atoms with Crippen LogP contribution in [0.3, 0.4) is 0 Å². The largest absolute Gasteiger partial charge is 0.431 e. The minimum atomic E-state index is -1.57. The van der Waals surface area contributed by atoms with Gasteiger partial charge >= 0.3 is 5.97 Å². The van der Waals surface area contributed by atoms with Gasteiger partial charge in [0.2, 0.25) is 6.29 Å². The second-order valence-corrected chi connectivity index (χ2v) is 2.24. The van der Waals surface area contributed by atoms with E-state index in [4.69, 9.17) is 15.3 Å². The second kappa shape index (κ2) is 4.27. The lowest BCUT2D eigenvalue weighted by atomic mass is 10.4. The topological polar surface area (TPSA) is 87.0 Å². The lowest BCUT2D eigenvalue weighted by molar-refractivity contribution is -0.192. The molecule has 0 aliphatic heterocycles. The highest BCUT2D eigenvalue weighted by atomic mass is 16.7. The molecule has 0 rings (SSSR count). The smallest absolute Gasteiger partial charge is 0.337 e. The first kappa shape index (κ1) is 10.3. The van der Waals surface area contributed by atoms with Crippen molar-refractivity contribution in [2.24, 2.45) is 0 Å². The van der Waals surface area contributed by atoms with Gasteiger partial charge in [-0.25, -0.2) is 4.79 Å². The van der Waals surface area contributed by atoms with Crippen LogP contribution in [0.1, 0.15) is 13.8 Å². The second-order valence-electron chi connectivity index (χ2n) is 2.24. The van der Waals surface area contributed by atoms with E-state index in [1.54, 1.807) is 0 Å². The molecule has 0 aromatic heterocycles. The number of hydrogen-bond acceptors (Lipinski definition) is 5. The Morgan fingerprint density at radius 2 is 1.73 bits per heavy atom. The maximum absolute atomic E-state index is 10.5. The molecular weight excluding hydrogens is 152 g/mol. The summed E-state index contributed by atoms with van der Waals surface area (Å²) in [6.45, 7) is 2.47. The number of aliphatic hydroxyl groups excluding tert-OH is 3. The van der Waals surface area contributed by atoms with E-state index in [1.165, 1.54) is 13.8 Å². The quantitative estimate of drug-likeness (QED) is 0.353. The van der Waals surface area contributed by atoms with Crippen LogP contribution >= 0.6 is 0 Å². The summed E-state index contributed by atoms with van der Waals surface area (Å²) in [5.41, 5.74) is 0. The molecule has 0 aromatic rings. The van der Waals surface area contributed by atoms with E-state index in [-0.39, 0.29) is 0 Å². The maximum atomic E-state index is 10.5. The van der Waals surface area contributed by atoms with Gasteiger partial charge in [0, 0.05) is 0 Å². The number of aliphatic hydroxyl groups is 3. The number of esters is 1. The van der Waals surface area contributed by atoms with Crippen LogP contribution in [0.2, 0.25) is 0 Å². The van der Waals surface area contributed by atoms with E-state index in [1.807, 2.05) is 0 Å². The SMILES string of the molecule is CC(O)C(=O)OC(O)C(C)O. The van der Waals surface area contributed by atoms with Gasteiger partial charge < -0.3 is 20.1 Å². The number of rotatable bonds is 3. The van der Waals surface area contributed by atoms with Crippen LogP contribution in [0, 0.1) is 0 Å². The van der Waals surface area contributed by atoms with Crippen LogP contribution < -0.4 is 0 Å². The highest BCUT2D eigenvalue weighted by Crippen LogP contribution is 1.97. The van der Waals surface area contributed by atoms with Gasteiger partial charge in [-0.05, 0) is 13.8 Å². The lowest BCUT2D eigenvalue weighted by Gasteiger charge is -2.14. The molecule has 5 nitrogen and oxygen atoms in total. The van der Waals surface area contributed by atoms with Gasteiger partial charge in [-0.1, -0.05) is 0 Å². The van der Waals surface area contributed by atoms with Gasteiger partial charge in [-0.2, -0.15) is 0 Å². The number of hydrogen-bond donors (Lipinski definition) is 3. The molecule has 0 saturated heterocycles. The number of carbonyl (C=O) groups excluding carboxylic acids is 1. The summed E-state index contributed by atoms with van der Waals surface area (Å²) >= 11 is 0. The molecule has 3 N–H and O–H groups in total. The average molecular weight is 164 g/mol. The minimum absolute atomic E-state index is 0.960. The van der Waals surface area contributed by atoms with Crippen molar-refractivity contribution in [3.8, 4) is 0 Å². The molecule has 0 aromatic carbocycles. The Bertz CT molecular complexity index is 131. The van der Waals surface area contributed by atoms with Crippen LogP contribution in [0.25, 0.3) is 0 Å². The molecule has 5 heteroatoms. The monoisotopic (exact) mass is 164 g/mol. The molecule has 0 saturated carbocycles. The summed E-state index contributed by atoms with van der Waals surface area (Å²) in [4.78, 5) is 10.5. The number of ether oxygens (including phenoxy) is 1. The predicted molar refractivity (Wildman–Crippen MR) is 35.5 cm³/mol. The summed E-state index contributed by atoms with van der Waals surface area (Å²) in [6.07, 6.45) is -4.02. The molecule has 0 fully saturated rings. The predicted octanol–water partition coefficient (Wildman–Crippen LogP) is -1.39. The molecule has 11 heavy (non-hydrogen) atoms. The van der Waals surface area contributed by atoms with Gasteiger partial charge in [-0.15, -0.1) is 0 Å². The molecule has 0 bridgehead atoms. The van der Waals surface area contributed by atoms with Crippen molar-refractivity contribution in [2.45, 2.75) is 32.3 Å². The lowest BCUT2D eigenvalue weighted by Crippen LogP contribution is -2.32. The van der Waals surface area contributed by atoms with E-state index < -0.39 is 24.5 Å². The third-order valence-electron chi connectivity index (χ3n) is 0.991. The van der Waals surface area contributed by atoms with Crippen LogP contribution in [-0.2, 0) is 9.53 Å². The molecular formula is C6H12O5. The van der Waals surface area contributed by atoms with Crippen molar-refractivity contribution < 1.29 is 24.9 Å². The highest BCUT2D eigenvalue weighted by molar-refractivity contribution is 5.73. The van der Waals surface area contributed by atoms with Crippen molar-refractivity contribution in [1.82, 2.24) is 0 Å². The fraction of sp³-hybridized carbons (Fsp3) is 0.833. The molecule has 0 aliphatic rings. The van der Waals surface area contributed by atoms with Gasteiger partial charge in [0.15, 0.2) is 0 Å². The third kappa shape index (κ3) is 3.92. The van der Waals surface area contributed by atoms with Crippen molar-refractivity contribution in [1.29, 1.82) is 0 Å². The van der Waals surface area contributed by atoms with Crippen molar-refractivity contribution in [3.05, 3.63) is 0 Å². The van der Waals surface area contributed by atoms with E-state index in [9.17, 15) is 4.79 Å². The third-order valence-corrected chi connectivity index (χ3v) is 0.991. The Morgan fingerprint density at radius 1 is 1.27 bits per heavy atom. The normalized spacial score (nSPS) is 18.6. The fourth-order valence-corrected chi connectivity index (χ4v) is 0.316. The molecule has 3 unspecified atom stereocenters. The van der Waals surface area contributed by atoms with E-state index in [2.05, 4.69) is 4.74 Å². The Kier molecular flexibility index (Phi) is 4.02. The molecule has 0 spiro atoms. The molecule has 0 amide bonds. The molecule has 66 valence electrons. The summed E-state index contributed by atoms with van der Waals surface area (Å²) in [5, 5.41) is 26.0. The summed E-state index contributed by atoms with van der Waals surface area (Å²) in [7, 11) is 0. The van der Waals surface area contributed by atoms with Crippen molar-refractivity contribution >= 4 is 5.97 Å². The highest BCUT2D eigenvalue weighted by Gasteiger charge is 2.18. The Morgan fingerprint density at radius 3 is 2.00 bits per heavy atom. The maximum Gasteiger partial charge on any atom is 0.337 e. The Labute approximate surface area is 64.2 Å².